The number of carbonyl (C=O) groups is 3. The molecule has 3 unspecified atom stereocenters. The van der Waals surface area contributed by atoms with Gasteiger partial charge in [0, 0.05) is 11.7 Å². The number of alkyl carbamates (subject to hydrolysis) is 1. The zero-order valence-corrected chi connectivity index (χ0v) is 24.4. The molecular formula is C31H43N3O5. The van der Waals surface area contributed by atoms with Crippen molar-refractivity contribution in [3.63, 3.8) is 0 Å². The van der Waals surface area contributed by atoms with Crippen molar-refractivity contribution in [3.8, 4) is 5.75 Å². The zero-order chi connectivity index (χ0) is 29.3. The second kappa shape index (κ2) is 13.8. The van der Waals surface area contributed by atoms with E-state index in [0.717, 1.165) is 5.56 Å². The van der Waals surface area contributed by atoms with E-state index in [9.17, 15) is 14.4 Å². The Bertz CT molecular complexity index is 1140. The number of hydrogen-bond acceptors (Lipinski definition) is 5. The highest BCUT2D eigenvalue weighted by atomic mass is 16.6. The van der Waals surface area contributed by atoms with Crippen LogP contribution in [0.2, 0.25) is 0 Å². The third-order valence-corrected chi connectivity index (χ3v) is 6.31. The summed E-state index contributed by atoms with van der Waals surface area (Å²) in [5, 5.41) is 5.72. The standard InChI is InChI=1S/C31H43N3O5/c1-10-21(5)26(33-30(37)39-31(6,7)8)29(36)34(20(3)4)27(23-14-12-13-22(11-2)19-23)28(35)32-24-15-17-25(38-9)18-16-24/h11-21,26-27H,2,10H2,1,3-9H3,(H,32,35)(H,33,37). The lowest BCUT2D eigenvalue weighted by molar-refractivity contribution is -0.144. The molecule has 3 amide bonds. The van der Waals surface area contributed by atoms with E-state index in [1.54, 1.807) is 58.2 Å². The van der Waals surface area contributed by atoms with Crippen molar-refractivity contribution < 1.29 is 23.9 Å². The summed E-state index contributed by atoms with van der Waals surface area (Å²) in [6.45, 7) is 16.7. The third kappa shape index (κ3) is 8.87. The van der Waals surface area contributed by atoms with Crippen LogP contribution in [0.4, 0.5) is 10.5 Å². The summed E-state index contributed by atoms with van der Waals surface area (Å²) in [5.74, 6) is -0.310. The molecule has 2 N–H and O–H groups in total. The molecule has 0 fully saturated rings. The first-order valence-electron chi connectivity index (χ1n) is 13.3. The van der Waals surface area contributed by atoms with E-state index in [1.165, 1.54) is 4.90 Å². The average Bonchev–Trinajstić information content (AvgIpc) is 2.88. The van der Waals surface area contributed by atoms with Crippen LogP contribution in [0.3, 0.4) is 0 Å². The predicted octanol–water partition coefficient (Wildman–Crippen LogP) is 6.19. The number of ether oxygens (including phenoxy) is 2. The van der Waals surface area contributed by atoms with E-state index >= 15 is 0 Å². The van der Waals surface area contributed by atoms with Crippen molar-refractivity contribution in [1.29, 1.82) is 0 Å². The average molecular weight is 538 g/mol. The fourth-order valence-corrected chi connectivity index (χ4v) is 4.14. The molecule has 2 aromatic carbocycles. The van der Waals surface area contributed by atoms with Gasteiger partial charge in [0.05, 0.1) is 7.11 Å². The highest BCUT2D eigenvalue weighted by Crippen LogP contribution is 2.29. The maximum atomic E-state index is 14.2. The highest BCUT2D eigenvalue weighted by Gasteiger charge is 2.39. The molecule has 0 aliphatic rings. The van der Waals surface area contributed by atoms with Crippen molar-refractivity contribution in [1.82, 2.24) is 10.2 Å². The Morgan fingerprint density at radius 2 is 1.69 bits per heavy atom. The van der Waals surface area contributed by atoms with Crippen molar-refractivity contribution in [2.24, 2.45) is 5.92 Å². The Morgan fingerprint density at radius 3 is 2.21 bits per heavy atom. The van der Waals surface area contributed by atoms with E-state index in [-0.39, 0.29) is 23.8 Å². The molecule has 0 radical (unpaired) electrons. The normalized spacial score (nSPS) is 13.6. The molecule has 0 aliphatic carbocycles. The number of rotatable bonds is 11. The second-order valence-electron chi connectivity index (χ2n) is 10.8. The summed E-state index contributed by atoms with van der Waals surface area (Å²) in [7, 11) is 1.57. The molecule has 3 atom stereocenters. The SMILES string of the molecule is C=Cc1cccc(C(C(=O)Nc2ccc(OC)cc2)N(C(=O)C(NC(=O)OC(C)(C)C)C(C)CC)C(C)C)c1. The van der Waals surface area contributed by atoms with Crippen molar-refractivity contribution in [2.75, 3.05) is 12.4 Å². The molecule has 0 bridgehead atoms. The van der Waals surface area contributed by atoms with Crippen LogP contribution in [-0.2, 0) is 14.3 Å². The van der Waals surface area contributed by atoms with Crippen LogP contribution in [0.15, 0.2) is 55.1 Å². The van der Waals surface area contributed by atoms with Crippen LogP contribution in [0.5, 0.6) is 5.75 Å². The van der Waals surface area contributed by atoms with Gasteiger partial charge in [0.15, 0.2) is 0 Å². The largest absolute Gasteiger partial charge is 0.497 e. The number of methoxy groups -OCH3 is 1. The van der Waals surface area contributed by atoms with Gasteiger partial charge >= 0.3 is 6.09 Å². The minimum absolute atomic E-state index is 0.212. The first kappa shape index (κ1) is 31.4. The van der Waals surface area contributed by atoms with Gasteiger partial charge in [-0.25, -0.2) is 4.79 Å². The van der Waals surface area contributed by atoms with Crippen LogP contribution in [0, 0.1) is 5.92 Å². The fraction of sp³-hybridized carbons (Fsp3) is 0.452. The van der Waals surface area contributed by atoms with E-state index in [1.807, 2.05) is 52.0 Å². The lowest BCUT2D eigenvalue weighted by Crippen LogP contribution is -2.56. The van der Waals surface area contributed by atoms with Crippen LogP contribution < -0.4 is 15.4 Å². The Hall–Kier alpha value is -3.81. The molecule has 8 heteroatoms. The van der Waals surface area contributed by atoms with E-state index in [4.69, 9.17) is 9.47 Å². The molecule has 0 saturated carbocycles. The predicted molar refractivity (Wildman–Crippen MR) is 155 cm³/mol. The summed E-state index contributed by atoms with van der Waals surface area (Å²) < 4.78 is 10.7. The van der Waals surface area contributed by atoms with Gasteiger partial charge in [-0.3, -0.25) is 9.59 Å². The molecule has 212 valence electrons. The van der Waals surface area contributed by atoms with Gasteiger partial charge < -0.3 is 25.0 Å². The number of hydrogen-bond donors (Lipinski definition) is 2. The highest BCUT2D eigenvalue weighted by molar-refractivity contribution is 5.99. The van der Waals surface area contributed by atoms with Gasteiger partial charge in [0.2, 0.25) is 5.91 Å². The molecule has 0 aliphatic heterocycles. The van der Waals surface area contributed by atoms with Gasteiger partial charge in [0.1, 0.15) is 23.4 Å². The van der Waals surface area contributed by atoms with Gasteiger partial charge in [0.25, 0.3) is 5.91 Å². The minimum atomic E-state index is -0.980. The molecule has 2 rings (SSSR count). The molecule has 39 heavy (non-hydrogen) atoms. The number of nitrogens with zero attached hydrogens (tertiary/aromatic N) is 1. The van der Waals surface area contributed by atoms with Gasteiger partial charge in [-0.1, -0.05) is 51.1 Å². The topological polar surface area (TPSA) is 97.0 Å². The zero-order valence-electron chi connectivity index (χ0n) is 24.4. The van der Waals surface area contributed by atoms with E-state index < -0.39 is 23.8 Å². The van der Waals surface area contributed by atoms with Crippen LogP contribution >= 0.6 is 0 Å². The molecule has 0 heterocycles. The number of nitrogens with one attached hydrogen (secondary N) is 2. The Kier molecular flexibility index (Phi) is 11.1. The van der Waals surface area contributed by atoms with Crippen molar-refractivity contribution in [2.45, 2.75) is 78.6 Å². The van der Waals surface area contributed by atoms with Gasteiger partial charge in [-0.15, -0.1) is 0 Å². The summed E-state index contributed by atoms with van der Waals surface area (Å²) in [5.41, 5.74) is 1.28. The summed E-state index contributed by atoms with van der Waals surface area (Å²) in [6.07, 6.45) is 1.64. The number of amides is 3. The Morgan fingerprint density at radius 1 is 1.05 bits per heavy atom. The quantitative estimate of drug-likeness (QED) is 0.356. The molecule has 0 spiro atoms. The minimum Gasteiger partial charge on any atom is -0.497 e. The molecule has 2 aromatic rings. The van der Waals surface area contributed by atoms with Gasteiger partial charge in [-0.05, 0) is 82.0 Å². The van der Waals surface area contributed by atoms with Crippen LogP contribution in [0.1, 0.15) is 72.1 Å². The lowest BCUT2D eigenvalue weighted by Gasteiger charge is -2.38. The maximum Gasteiger partial charge on any atom is 0.408 e. The lowest BCUT2D eigenvalue weighted by atomic mass is 9.94. The van der Waals surface area contributed by atoms with E-state index in [0.29, 0.717) is 23.4 Å². The molecule has 8 nitrogen and oxygen atoms in total. The third-order valence-electron chi connectivity index (χ3n) is 6.31. The van der Waals surface area contributed by atoms with Crippen LogP contribution in [-0.4, -0.2) is 47.6 Å². The van der Waals surface area contributed by atoms with Crippen molar-refractivity contribution in [3.05, 3.63) is 66.2 Å². The second-order valence-corrected chi connectivity index (χ2v) is 10.8. The van der Waals surface area contributed by atoms with E-state index in [2.05, 4.69) is 17.2 Å². The molecular weight excluding hydrogens is 494 g/mol. The number of carbonyl (C=O) groups excluding carboxylic acids is 3. The Balaban J connectivity index is 2.56. The monoisotopic (exact) mass is 537 g/mol. The number of benzene rings is 2. The molecule has 0 saturated heterocycles. The Labute approximate surface area is 232 Å². The fourth-order valence-electron chi connectivity index (χ4n) is 4.14. The molecule has 0 aromatic heterocycles. The first-order valence-corrected chi connectivity index (χ1v) is 13.3. The summed E-state index contributed by atoms with van der Waals surface area (Å²) in [4.78, 5) is 42.4. The summed E-state index contributed by atoms with van der Waals surface area (Å²) >= 11 is 0. The van der Waals surface area contributed by atoms with Crippen molar-refractivity contribution >= 4 is 29.7 Å². The first-order chi connectivity index (χ1) is 18.3. The van der Waals surface area contributed by atoms with Crippen LogP contribution in [0.25, 0.3) is 6.08 Å². The summed E-state index contributed by atoms with van der Waals surface area (Å²) in [6, 6.07) is 12.1. The maximum absolute atomic E-state index is 14.2. The number of anilines is 1. The van der Waals surface area contributed by atoms with Gasteiger partial charge in [-0.2, -0.15) is 0 Å². The smallest absolute Gasteiger partial charge is 0.408 e.